The van der Waals surface area contributed by atoms with Gasteiger partial charge in [0.1, 0.15) is 17.3 Å². The van der Waals surface area contributed by atoms with Gasteiger partial charge in [-0.1, -0.05) is 12.1 Å². The normalized spacial score (nSPS) is 11.3. The van der Waals surface area contributed by atoms with Crippen LogP contribution >= 0.6 is 0 Å². The Bertz CT molecular complexity index is 661. The molecule has 21 heavy (non-hydrogen) atoms. The highest BCUT2D eigenvalue weighted by molar-refractivity contribution is 6.04. The molecule has 0 radical (unpaired) electrons. The van der Waals surface area contributed by atoms with E-state index >= 15 is 0 Å². The van der Waals surface area contributed by atoms with E-state index in [2.05, 4.69) is 0 Å². The zero-order chi connectivity index (χ0) is 15.6. The summed E-state index contributed by atoms with van der Waals surface area (Å²) in [5.74, 6) is -3.07. The second-order valence-corrected chi connectivity index (χ2v) is 4.13. The van der Waals surface area contributed by atoms with Crippen LogP contribution in [-0.2, 0) is 6.18 Å². The lowest BCUT2D eigenvalue weighted by Gasteiger charge is -2.10. The van der Waals surface area contributed by atoms with E-state index in [1.807, 2.05) is 5.32 Å². The summed E-state index contributed by atoms with van der Waals surface area (Å²) in [6.45, 7) is 0. The summed E-state index contributed by atoms with van der Waals surface area (Å²) in [4.78, 5) is 11.8. The van der Waals surface area contributed by atoms with Crippen LogP contribution in [0.4, 0.5) is 27.6 Å². The van der Waals surface area contributed by atoms with Gasteiger partial charge in [0.15, 0.2) is 0 Å². The third-order valence-electron chi connectivity index (χ3n) is 2.65. The average Bonchev–Trinajstić information content (AvgIpc) is 2.42. The lowest BCUT2D eigenvalue weighted by molar-refractivity contribution is -0.137. The number of anilines is 1. The largest absolute Gasteiger partial charge is 0.416 e. The number of para-hydroxylation sites is 1. The van der Waals surface area contributed by atoms with Gasteiger partial charge in [-0.3, -0.25) is 4.79 Å². The van der Waals surface area contributed by atoms with Crippen LogP contribution in [0.2, 0.25) is 0 Å². The third-order valence-corrected chi connectivity index (χ3v) is 2.65. The van der Waals surface area contributed by atoms with Gasteiger partial charge in [-0.05, 0) is 30.3 Å². The molecule has 0 saturated heterocycles. The predicted molar refractivity (Wildman–Crippen MR) is 65.8 cm³/mol. The highest BCUT2D eigenvalue weighted by Crippen LogP contribution is 2.29. The summed E-state index contributed by atoms with van der Waals surface area (Å²) in [6.07, 6.45) is -4.61. The average molecular weight is 301 g/mol. The van der Waals surface area contributed by atoms with Crippen molar-refractivity contribution in [2.24, 2.45) is 0 Å². The first-order chi connectivity index (χ1) is 9.79. The first-order valence-corrected chi connectivity index (χ1v) is 5.71. The van der Waals surface area contributed by atoms with Crippen molar-refractivity contribution in [1.82, 2.24) is 0 Å². The van der Waals surface area contributed by atoms with Gasteiger partial charge in [-0.15, -0.1) is 0 Å². The van der Waals surface area contributed by atoms with Crippen molar-refractivity contribution >= 4 is 11.6 Å². The van der Waals surface area contributed by atoms with E-state index in [1.165, 1.54) is 0 Å². The van der Waals surface area contributed by atoms with Crippen LogP contribution < -0.4 is 5.32 Å². The second kappa shape index (κ2) is 5.51. The number of alkyl halides is 3. The van der Waals surface area contributed by atoms with Crippen LogP contribution in [0.15, 0.2) is 42.5 Å². The van der Waals surface area contributed by atoms with Crippen LogP contribution in [0.3, 0.4) is 0 Å². The van der Waals surface area contributed by atoms with Gasteiger partial charge in [0.25, 0.3) is 5.91 Å². The molecule has 0 aliphatic heterocycles. The van der Waals surface area contributed by atoms with E-state index in [9.17, 15) is 26.7 Å². The molecular formula is C14H8F5NO. The Balaban J connectivity index is 2.29. The highest BCUT2D eigenvalue weighted by atomic mass is 19.4. The Morgan fingerprint density at radius 2 is 1.52 bits per heavy atom. The first-order valence-electron chi connectivity index (χ1n) is 5.71. The smallest absolute Gasteiger partial charge is 0.317 e. The number of hydrogen-bond acceptors (Lipinski definition) is 1. The van der Waals surface area contributed by atoms with Crippen molar-refractivity contribution in [1.29, 1.82) is 0 Å². The van der Waals surface area contributed by atoms with Crippen LogP contribution in [0.5, 0.6) is 0 Å². The number of rotatable bonds is 2. The Morgan fingerprint density at radius 3 is 2.10 bits per heavy atom. The highest BCUT2D eigenvalue weighted by Gasteiger charge is 2.31. The van der Waals surface area contributed by atoms with Gasteiger partial charge in [-0.2, -0.15) is 13.2 Å². The maximum absolute atomic E-state index is 13.4. The molecule has 0 aliphatic carbocycles. The third kappa shape index (κ3) is 3.36. The minimum atomic E-state index is -4.61. The number of nitrogens with one attached hydrogen (secondary N) is 1. The summed E-state index contributed by atoms with van der Waals surface area (Å²) >= 11 is 0. The van der Waals surface area contributed by atoms with Crippen molar-refractivity contribution in [2.45, 2.75) is 6.18 Å². The maximum Gasteiger partial charge on any atom is 0.416 e. The molecule has 0 atom stereocenters. The molecule has 110 valence electrons. The summed E-state index contributed by atoms with van der Waals surface area (Å²) in [6, 6.07) is 6.49. The quantitative estimate of drug-likeness (QED) is 0.826. The fourth-order valence-electron chi connectivity index (χ4n) is 1.64. The molecule has 0 aromatic heterocycles. The van der Waals surface area contributed by atoms with E-state index in [4.69, 9.17) is 0 Å². The fourth-order valence-corrected chi connectivity index (χ4v) is 1.64. The molecule has 0 aliphatic rings. The van der Waals surface area contributed by atoms with Crippen LogP contribution in [-0.4, -0.2) is 5.91 Å². The molecule has 2 aromatic carbocycles. The number of carbonyl (C=O) groups is 1. The summed E-state index contributed by atoms with van der Waals surface area (Å²) in [7, 11) is 0. The van der Waals surface area contributed by atoms with E-state index in [0.29, 0.717) is 6.07 Å². The van der Waals surface area contributed by atoms with Crippen molar-refractivity contribution in [2.75, 3.05) is 5.32 Å². The Hall–Kier alpha value is -2.44. The molecule has 2 rings (SSSR count). The lowest BCUT2D eigenvalue weighted by Crippen LogP contribution is -2.15. The minimum Gasteiger partial charge on any atom is -0.317 e. The van der Waals surface area contributed by atoms with Crippen LogP contribution in [0.1, 0.15) is 15.9 Å². The molecule has 0 heterocycles. The zero-order valence-corrected chi connectivity index (χ0v) is 10.3. The van der Waals surface area contributed by atoms with Crippen molar-refractivity contribution in [3.8, 4) is 0 Å². The molecule has 0 saturated carbocycles. The zero-order valence-electron chi connectivity index (χ0n) is 10.3. The standard InChI is InChI=1S/C14H8F5NO/c15-10-5-2-6-11(16)12(10)20-13(21)8-3-1-4-9(7-8)14(17,18)19/h1-7H,(H,20,21). The minimum absolute atomic E-state index is 0.354. The van der Waals surface area contributed by atoms with Gasteiger partial charge >= 0.3 is 6.18 Å². The topological polar surface area (TPSA) is 29.1 Å². The van der Waals surface area contributed by atoms with E-state index in [-0.39, 0.29) is 5.56 Å². The monoisotopic (exact) mass is 301 g/mol. The van der Waals surface area contributed by atoms with Crippen molar-refractivity contribution in [3.63, 3.8) is 0 Å². The molecule has 0 fully saturated rings. The number of benzene rings is 2. The van der Waals surface area contributed by atoms with Gasteiger partial charge in [0.2, 0.25) is 0 Å². The van der Waals surface area contributed by atoms with E-state index < -0.39 is 35.0 Å². The molecule has 2 nitrogen and oxygen atoms in total. The Morgan fingerprint density at radius 1 is 0.952 bits per heavy atom. The van der Waals surface area contributed by atoms with Crippen LogP contribution in [0.25, 0.3) is 0 Å². The number of halogens is 5. The molecule has 0 spiro atoms. The maximum atomic E-state index is 13.4. The second-order valence-electron chi connectivity index (χ2n) is 4.13. The Labute approximate surface area is 116 Å². The first kappa shape index (κ1) is 15.0. The van der Waals surface area contributed by atoms with Crippen molar-refractivity contribution < 1.29 is 26.7 Å². The molecule has 2 aromatic rings. The SMILES string of the molecule is O=C(Nc1c(F)cccc1F)c1cccc(C(F)(F)F)c1. The van der Waals surface area contributed by atoms with Gasteiger partial charge in [-0.25, -0.2) is 8.78 Å². The summed E-state index contributed by atoms with van der Waals surface area (Å²) in [5.41, 5.74) is -2.09. The summed E-state index contributed by atoms with van der Waals surface area (Å²) < 4.78 is 64.3. The van der Waals surface area contributed by atoms with Crippen LogP contribution in [0, 0.1) is 11.6 Å². The molecule has 0 bridgehead atoms. The molecule has 1 N–H and O–H groups in total. The Kier molecular flexibility index (Phi) is 3.93. The summed E-state index contributed by atoms with van der Waals surface area (Å²) in [5, 5.41) is 1.92. The van der Waals surface area contributed by atoms with Gasteiger partial charge in [0, 0.05) is 5.56 Å². The number of amides is 1. The number of hydrogen-bond donors (Lipinski definition) is 1. The van der Waals surface area contributed by atoms with E-state index in [0.717, 1.165) is 36.4 Å². The number of carbonyl (C=O) groups excluding carboxylic acids is 1. The van der Waals surface area contributed by atoms with Gasteiger partial charge in [0.05, 0.1) is 5.56 Å². The van der Waals surface area contributed by atoms with E-state index in [1.54, 1.807) is 0 Å². The fraction of sp³-hybridized carbons (Fsp3) is 0.0714. The molecule has 0 unspecified atom stereocenters. The molecule has 7 heteroatoms. The molecule has 1 amide bonds. The predicted octanol–water partition coefficient (Wildman–Crippen LogP) is 4.24. The van der Waals surface area contributed by atoms with Gasteiger partial charge < -0.3 is 5.32 Å². The molecular weight excluding hydrogens is 293 g/mol. The lowest BCUT2D eigenvalue weighted by atomic mass is 10.1. The van der Waals surface area contributed by atoms with Crippen molar-refractivity contribution in [3.05, 3.63) is 65.2 Å².